The Kier molecular flexibility index (Phi) is 2.79. The van der Waals surface area contributed by atoms with E-state index in [4.69, 9.17) is 0 Å². The lowest BCUT2D eigenvalue weighted by Crippen LogP contribution is -2.22. The highest BCUT2D eigenvalue weighted by Crippen LogP contribution is 2.11. The molecule has 0 bridgehead atoms. The molecule has 0 aliphatic carbocycles. The number of imidazole rings is 1. The molecule has 0 saturated carbocycles. The van der Waals surface area contributed by atoms with Crippen molar-refractivity contribution >= 4 is 16.9 Å². The van der Waals surface area contributed by atoms with Crippen molar-refractivity contribution in [1.29, 1.82) is 0 Å². The van der Waals surface area contributed by atoms with Gasteiger partial charge in [-0.05, 0) is 29.8 Å². The van der Waals surface area contributed by atoms with E-state index in [1.54, 1.807) is 12.4 Å². The maximum absolute atomic E-state index is 12.0. The minimum Gasteiger partial charge on any atom is -0.357 e. The summed E-state index contributed by atoms with van der Waals surface area (Å²) in [6.45, 7) is 0.528. The SMILES string of the molecule is Cn1ccc(CNC(=O)c2ccc3nc[nH]c3c2)c1. The van der Waals surface area contributed by atoms with Gasteiger partial charge in [0.05, 0.1) is 17.4 Å². The fourth-order valence-corrected chi connectivity index (χ4v) is 2.03. The Labute approximate surface area is 110 Å². The molecule has 0 spiro atoms. The first-order valence-electron chi connectivity index (χ1n) is 6.04. The van der Waals surface area contributed by atoms with Gasteiger partial charge in [0, 0.05) is 31.5 Å². The number of nitrogens with zero attached hydrogens (tertiary/aromatic N) is 2. The van der Waals surface area contributed by atoms with E-state index >= 15 is 0 Å². The van der Waals surface area contributed by atoms with Crippen LogP contribution >= 0.6 is 0 Å². The predicted molar refractivity (Wildman–Crippen MR) is 72.7 cm³/mol. The van der Waals surface area contributed by atoms with E-state index in [1.807, 2.05) is 42.2 Å². The van der Waals surface area contributed by atoms with Crippen LogP contribution in [-0.4, -0.2) is 20.4 Å². The van der Waals surface area contributed by atoms with Crippen LogP contribution in [0.1, 0.15) is 15.9 Å². The molecule has 3 aromatic rings. The number of carbonyl (C=O) groups is 1. The molecule has 19 heavy (non-hydrogen) atoms. The van der Waals surface area contributed by atoms with Crippen molar-refractivity contribution in [2.24, 2.45) is 7.05 Å². The zero-order chi connectivity index (χ0) is 13.2. The summed E-state index contributed by atoms with van der Waals surface area (Å²) in [4.78, 5) is 19.2. The van der Waals surface area contributed by atoms with E-state index < -0.39 is 0 Å². The standard InChI is InChI=1S/C14H14N4O/c1-18-5-4-10(8-18)7-15-14(19)11-2-3-12-13(6-11)17-9-16-12/h2-6,8-9H,7H2,1H3,(H,15,19)(H,16,17). The van der Waals surface area contributed by atoms with E-state index in [0.29, 0.717) is 12.1 Å². The fourth-order valence-electron chi connectivity index (χ4n) is 2.03. The van der Waals surface area contributed by atoms with Gasteiger partial charge in [-0.25, -0.2) is 4.98 Å². The molecule has 5 nitrogen and oxygen atoms in total. The minimum absolute atomic E-state index is 0.0830. The number of benzene rings is 1. The van der Waals surface area contributed by atoms with Gasteiger partial charge < -0.3 is 14.9 Å². The van der Waals surface area contributed by atoms with Crippen molar-refractivity contribution in [2.45, 2.75) is 6.54 Å². The van der Waals surface area contributed by atoms with Crippen molar-refractivity contribution in [3.05, 3.63) is 54.1 Å². The summed E-state index contributed by atoms with van der Waals surface area (Å²) in [5.41, 5.74) is 3.44. The van der Waals surface area contributed by atoms with Crippen molar-refractivity contribution < 1.29 is 4.79 Å². The average molecular weight is 254 g/mol. The van der Waals surface area contributed by atoms with Gasteiger partial charge in [0.2, 0.25) is 0 Å². The first kappa shape index (κ1) is 11.5. The molecule has 0 fully saturated rings. The number of amides is 1. The van der Waals surface area contributed by atoms with Gasteiger partial charge >= 0.3 is 0 Å². The van der Waals surface area contributed by atoms with Crippen LogP contribution in [0.5, 0.6) is 0 Å². The molecule has 0 saturated heterocycles. The van der Waals surface area contributed by atoms with Gasteiger partial charge in [-0.3, -0.25) is 4.79 Å². The molecule has 0 atom stereocenters. The fraction of sp³-hybridized carbons (Fsp3) is 0.143. The highest BCUT2D eigenvalue weighted by Gasteiger charge is 2.07. The summed E-state index contributed by atoms with van der Waals surface area (Å²) in [5.74, 6) is -0.0830. The molecule has 1 aromatic carbocycles. The van der Waals surface area contributed by atoms with Gasteiger partial charge in [-0.1, -0.05) is 0 Å². The first-order chi connectivity index (χ1) is 9.22. The molecule has 2 aromatic heterocycles. The van der Waals surface area contributed by atoms with E-state index in [-0.39, 0.29) is 5.91 Å². The third-order valence-electron chi connectivity index (χ3n) is 3.03. The molecule has 0 aliphatic rings. The minimum atomic E-state index is -0.0830. The Morgan fingerprint density at radius 1 is 1.42 bits per heavy atom. The van der Waals surface area contributed by atoms with E-state index in [2.05, 4.69) is 15.3 Å². The van der Waals surface area contributed by atoms with Crippen molar-refractivity contribution in [3.63, 3.8) is 0 Å². The highest BCUT2D eigenvalue weighted by molar-refractivity contribution is 5.97. The lowest BCUT2D eigenvalue weighted by molar-refractivity contribution is 0.0951. The lowest BCUT2D eigenvalue weighted by Gasteiger charge is -2.03. The summed E-state index contributed by atoms with van der Waals surface area (Å²) in [5, 5.41) is 2.90. The maximum atomic E-state index is 12.0. The van der Waals surface area contributed by atoms with Gasteiger partial charge in [0.15, 0.2) is 0 Å². The van der Waals surface area contributed by atoms with Crippen LogP contribution in [0.15, 0.2) is 43.0 Å². The molecular formula is C14H14N4O. The summed E-state index contributed by atoms with van der Waals surface area (Å²) in [7, 11) is 1.96. The summed E-state index contributed by atoms with van der Waals surface area (Å²) in [6, 6.07) is 7.41. The number of H-pyrrole nitrogens is 1. The topological polar surface area (TPSA) is 62.7 Å². The van der Waals surface area contributed by atoms with Crippen LogP contribution in [0, 0.1) is 0 Å². The third-order valence-corrected chi connectivity index (χ3v) is 3.03. The van der Waals surface area contributed by atoms with Crippen LogP contribution in [0.4, 0.5) is 0 Å². The first-order valence-corrected chi connectivity index (χ1v) is 6.04. The zero-order valence-electron chi connectivity index (χ0n) is 10.6. The van der Waals surface area contributed by atoms with Crippen LogP contribution in [0.3, 0.4) is 0 Å². The predicted octanol–water partition coefficient (Wildman–Crippen LogP) is 1.83. The number of fused-ring (bicyclic) bond motifs is 1. The van der Waals surface area contributed by atoms with Crippen molar-refractivity contribution in [2.75, 3.05) is 0 Å². The van der Waals surface area contributed by atoms with Gasteiger partial charge in [0.25, 0.3) is 5.91 Å². The number of aromatic nitrogens is 3. The lowest BCUT2D eigenvalue weighted by atomic mass is 10.2. The molecule has 5 heteroatoms. The molecule has 0 radical (unpaired) electrons. The monoisotopic (exact) mass is 254 g/mol. The number of aryl methyl sites for hydroxylation is 1. The highest BCUT2D eigenvalue weighted by atomic mass is 16.1. The van der Waals surface area contributed by atoms with Crippen LogP contribution in [0.25, 0.3) is 11.0 Å². The number of nitrogens with one attached hydrogen (secondary N) is 2. The van der Waals surface area contributed by atoms with E-state index in [1.165, 1.54) is 0 Å². The number of aromatic amines is 1. The molecule has 2 heterocycles. The van der Waals surface area contributed by atoms with Crippen LogP contribution < -0.4 is 5.32 Å². The van der Waals surface area contributed by atoms with E-state index in [9.17, 15) is 4.79 Å². The Balaban J connectivity index is 1.72. The Hall–Kier alpha value is -2.56. The number of carbonyl (C=O) groups excluding carboxylic acids is 1. The summed E-state index contributed by atoms with van der Waals surface area (Å²) >= 11 is 0. The molecule has 3 rings (SSSR count). The Morgan fingerprint density at radius 3 is 3.11 bits per heavy atom. The van der Waals surface area contributed by atoms with Gasteiger partial charge in [0.1, 0.15) is 0 Å². The second-order valence-corrected chi connectivity index (χ2v) is 4.50. The number of hydrogen-bond donors (Lipinski definition) is 2. The number of hydrogen-bond acceptors (Lipinski definition) is 2. The zero-order valence-corrected chi connectivity index (χ0v) is 10.6. The molecule has 1 amide bonds. The smallest absolute Gasteiger partial charge is 0.251 e. The van der Waals surface area contributed by atoms with E-state index in [0.717, 1.165) is 16.6 Å². The second-order valence-electron chi connectivity index (χ2n) is 4.50. The molecule has 0 aliphatic heterocycles. The van der Waals surface area contributed by atoms with Gasteiger partial charge in [-0.15, -0.1) is 0 Å². The summed E-state index contributed by atoms with van der Waals surface area (Å²) in [6.07, 6.45) is 5.56. The summed E-state index contributed by atoms with van der Waals surface area (Å²) < 4.78 is 1.96. The number of rotatable bonds is 3. The third kappa shape index (κ3) is 2.35. The second kappa shape index (κ2) is 4.61. The Bertz CT molecular complexity index is 726. The molecular weight excluding hydrogens is 240 g/mol. The maximum Gasteiger partial charge on any atom is 0.251 e. The normalized spacial score (nSPS) is 10.8. The van der Waals surface area contributed by atoms with Crippen LogP contribution in [0.2, 0.25) is 0 Å². The molecule has 0 unspecified atom stereocenters. The molecule has 96 valence electrons. The van der Waals surface area contributed by atoms with Crippen molar-refractivity contribution in [3.8, 4) is 0 Å². The quantitative estimate of drug-likeness (QED) is 0.749. The van der Waals surface area contributed by atoms with Crippen molar-refractivity contribution in [1.82, 2.24) is 19.9 Å². The van der Waals surface area contributed by atoms with Gasteiger partial charge in [-0.2, -0.15) is 0 Å². The Morgan fingerprint density at radius 2 is 2.32 bits per heavy atom. The molecule has 2 N–H and O–H groups in total. The van der Waals surface area contributed by atoms with Crippen LogP contribution in [-0.2, 0) is 13.6 Å². The average Bonchev–Trinajstić information content (AvgIpc) is 3.03. The largest absolute Gasteiger partial charge is 0.357 e.